The molecule has 1 amide bonds. The lowest BCUT2D eigenvalue weighted by Gasteiger charge is -2.11. The van der Waals surface area contributed by atoms with E-state index < -0.39 is 0 Å². The molecule has 0 saturated heterocycles. The van der Waals surface area contributed by atoms with Crippen molar-refractivity contribution in [1.29, 1.82) is 0 Å². The molecular formula is C9H11ClN6O. The summed E-state index contributed by atoms with van der Waals surface area (Å²) in [5.41, 5.74) is 0.532. The maximum atomic E-state index is 11.4. The molecule has 0 spiro atoms. The Kier molecular flexibility index (Phi) is 3.10. The Bertz CT molecular complexity index is 551. The van der Waals surface area contributed by atoms with Crippen molar-refractivity contribution in [3.63, 3.8) is 0 Å². The molecule has 0 aliphatic heterocycles. The molecular weight excluding hydrogens is 244 g/mol. The molecule has 0 aliphatic rings. The van der Waals surface area contributed by atoms with Crippen LogP contribution in [0.2, 0.25) is 5.28 Å². The van der Waals surface area contributed by atoms with E-state index in [1.54, 1.807) is 20.3 Å². The van der Waals surface area contributed by atoms with Crippen LogP contribution >= 0.6 is 11.6 Å². The highest BCUT2D eigenvalue weighted by atomic mass is 35.5. The van der Waals surface area contributed by atoms with Crippen molar-refractivity contribution in [2.24, 2.45) is 0 Å². The Morgan fingerprint density at radius 2 is 2.29 bits per heavy atom. The molecule has 0 radical (unpaired) electrons. The molecule has 0 aliphatic carbocycles. The summed E-state index contributed by atoms with van der Waals surface area (Å²) in [6.45, 7) is 0.140. The van der Waals surface area contributed by atoms with Crippen LogP contribution in [0.4, 0.5) is 5.82 Å². The van der Waals surface area contributed by atoms with E-state index in [1.165, 1.54) is 4.90 Å². The van der Waals surface area contributed by atoms with Gasteiger partial charge in [-0.1, -0.05) is 0 Å². The monoisotopic (exact) mass is 254 g/mol. The van der Waals surface area contributed by atoms with Gasteiger partial charge in [0.1, 0.15) is 5.82 Å². The van der Waals surface area contributed by atoms with Gasteiger partial charge in [-0.2, -0.15) is 15.1 Å². The van der Waals surface area contributed by atoms with Crippen LogP contribution in [0.5, 0.6) is 0 Å². The molecule has 2 N–H and O–H groups in total. The van der Waals surface area contributed by atoms with Gasteiger partial charge in [-0.3, -0.25) is 9.89 Å². The predicted molar refractivity (Wildman–Crippen MR) is 63.9 cm³/mol. The number of anilines is 1. The average molecular weight is 255 g/mol. The second-order valence-electron chi connectivity index (χ2n) is 3.62. The zero-order valence-corrected chi connectivity index (χ0v) is 10.1. The van der Waals surface area contributed by atoms with Crippen molar-refractivity contribution in [1.82, 2.24) is 25.1 Å². The van der Waals surface area contributed by atoms with Crippen molar-refractivity contribution >= 4 is 34.4 Å². The average Bonchev–Trinajstić information content (AvgIpc) is 2.72. The van der Waals surface area contributed by atoms with Gasteiger partial charge in [0.2, 0.25) is 11.2 Å². The van der Waals surface area contributed by atoms with Crippen LogP contribution in [-0.4, -0.2) is 51.6 Å². The number of nitrogens with one attached hydrogen (secondary N) is 2. The molecule has 0 saturated carbocycles. The van der Waals surface area contributed by atoms with E-state index in [9.17, 15) is 4.79 Å². The molecule has 0 fully saturated rings. The third-order valence-corrected chi connectivity index (χ3v) is 2.36. The first-order chi connectivity index (χ1) is 8.08. The first-order valence-electron chi connectivity index (χ1n) is 4.88. The summed E-state index contributed by atoms with van der Waals surface area (Å²) in [6.07, 6.45) is 1.58. The van der Waals surface area contributed by atoms with Crippen LogP contribution in [0.25, 0.3) is 11.0 Å². The van der Waals surface area contributed by atoms with E-state index in [-0.39, 0.29) is 17.7 Å². The van der Waals surface area contributed by atoms with Gasteiger partial charge in [-0.25, -0.2) is 0 Å². The second-order valence-corrected chi connectivity index (χ2v) is 3.95. The van der Waals surface area contributed by atoms with E-state index in [2.05, 4.69) is 25.5 Å². The number of hydrogen-bond donors (Lipinski definition) is 2. The Balaban J connectivity index is 2.23. The largest absolute Gasteiger partial charge is 0.360 e. The molecule has 2 rings (SSSR count). The summed E-state index contributed by atoms with van der Waals surface area (Å²) in [6, 6.07) is 0. The number of amides is 1. The van der Waals surface area contributed by atoms with Gasteiger partial charge in [0, 0.05) is 14.1 Å². The summed E-state index contributed by atoms with van der Waals surface area (Å²) < 4.78 is 0. The number of nitrogens with zero attached hydrogens (tertiary/aromatic N) is 4. The minimum absolute atomic E-state index is 0.0589. The summed E-state index contributed by atoms with van der Waals surface area (Å²) in [7, 11) is 3.37. The van der Waals surface area contributed by atoms with Crippen molar-refractivity contribution < 1.29 is 4.79 Å². The van der Waals surface area contributed by atoms with Crippen LogP contribution in [0.15, 0.2) is 6.20 Å². The lowest BCUT2D eigenvalue weighted by Crippen LogP contribution is -2.28. The van der Waals surface area contributed by atoms with E-state index in [0.717, 1.165) is 0 Å². The van der Waals surface area contributed by atoms with Gasteiger partial charge in [-0.05, 0) is 11.6 Å². The number of carbonyl (C=O) groups is 1. The van der Waals surface area contributed by atoms with Gasteiger partial charge < -0.3 is 10.2 Å². The number of H-pyrrole nitrogens is 1. The fourth-order valence-electron chi connectivity index (χ4n) is 1.26. The zero-order chi connectivity index (χ0) is 12.4. The number of hydrogen-bond acceptors (Lipinski definition) is 5. The SMILES string of the molecule is CN(C)C(=O)CNc1nc(Cl)nc2[nH]ncc12. The van der Waals surface area contributed by atoms with Crippen molar-refractivity contribution in [3.05, 3.63) is 11.5 Å². The summed E-state index contributed by atoms with van der Waals surface area (Å²) >= 11 is 5.75. The molecule has 0 atom stereocenters. The minimum Gasteiger partial charge on any atom is -0.360 e. The molecule has 17 heavy (non-hydrogen) atoms. The second kappa shape index (κ2) is 4.54. The minimum atomic E-state index is -0.0589. The molecule has 0 bridgehead atoms. The third kappa shape index (κ3) is 2.44. The lowest BCUT2D eigenvalue weighted by molar-refractivity contribution is -0.126. The molecule has 0 unspecified atom stereocenters. The number of fused-ring (bicyclic) bond motifs is 1. The van der Waals surface area contributed by atoms with Gasteiger partial charge >= 0.3 is 0 Å². The summed E-state index contributed by atoms with van der Waals surface area (Å²) in [5.74, 6) is 0.431. The Labute approximate surface area is 102 Å². The normalized spacial score (nSPS) is 10.5. The molecule has 90 valence electrons. The number of aromatic nitrogens is 4. The summed E-state index contributed by atoms with van der Waals surface area (Å²) in [5, 5.41) is 10.2. The predicted octanol–water partition coefficient (Wildman–Crippen LogP) is 0.506. The fraction of sp³-hybridized carbons (Fsp3) is 0.333. The van der Waals surface area contributed by atoms with Crippen LogP contribution in [0, 0.1) is 0 Å². The zero-order valence-electron chi connectivity index (χ0n) is 9.36. The fourth-order valence-corrected chi connectivity index (χ4v) is 1.43. The number of carbonyl (C=O) groups excluding carboxylic acids is 1. The highest BCUT2D eigenvalue weighted by Crippen LogP contribution is 2.19. The maximum absolute atomic E-state index is 11.4. The third-order valence-electron chi connectivity index (χ3n) is 2.19. The van der Waals surface area contributed by atoms with Crippen LogP contribution < -0.4 is 5.32 Å². The highest BCUT2D eigenvalue weighted by molar-refractivity contribution is 6.28. The maximum Gasteiger partial charge on any atom is 0.241 e. The topological polar surface area (TPSA) is 86.8 Å². The summed E-state index contributed by atoms with van der Waals surface area (Å²) in [4.78, 5) is 20.9. The van der Waals surface area contributed by atoms with E-state index >= 15 is 0 Å². The van der Waals surface area contributed by atoms with Crippen molar-refractivity contribution in [3.8, 4) is 0 Å². The van der Waals surface area contributed by atoms with Crippen LogP contribution in [0.3, 0.4) is 0 Å². The quantitative estimate of drug-likeness (QED) is 0.780. The Morgan fingerprint density at radius 3 is 3.00 bits per heavy atom. The lowest BCUT2D eigenvalue weighted by atomic mass is 10.4. The standard InChI is InChI=1S/C9H11ClN6O/c1-16(2)6(17)4-11-7-5-3-12-15-8(5)14-9(10)13-7/h3H,4H2,1-2H3,(H2,11,12,13,14,15). The first kappa shape index (κ1) is 11.6. The van der Waals surface area contributed by atoms with E-state index in [4.69, 9.17) is 11.6 Å². The Morgan fingerprint density at radius 1 is 1.53 bits per heavy atom. The van der Waals surface area contributed by atoms with E-state index in [1.807, 2.05) is 0 Å². The number of aromatic amines is 1. The van der Waals surface area contributed by atoms with Crippen LogP contribution in [0.1, 0.15) is 0 Å². The molecule has 2 heterocycles. The van der Waals surface area contributed by atoms with Gasteiger partial charge in [-0.15, -0.1) is 0 Å². The molecule has 0 aromatic carbocycles. The molecule has 2 aromatic rings. The van der Waals surface area contributed by atoms with Gasteiger partial charge in [0.05, 0.1) is 18.1 Å². The highest BCUT2D eigenvalue weighted by Gasteiger charge is 2.10. The van der Waals surface area contributed by atoms with Crippen molar-refractivity contribution in [2.75, 3.05) is 26.0 Å². The van der Waals surface area contributed by atoms with Crippen LogP contribution in [-0.2, 0) is 4.79 Å². The molecule has 2 aromatic heterocycles. The first-order valence-corrected chi connectivity index (χ1v) is 5.26. The number of likely N-dealkylation sites (N-methyl/N-ethyl adjacent to an activating group) is 1. The van der Waals surface area contributed by atoms with Gasteiger partial charge in [0.25, 0.3) is 0 Å². The van der Waals surface area contributed by atoms with E-state index in [0.29, 0.717) is 16.9 Å². The smallest absolute Gasteiger partial charge is 0.241 e. The molecule has 7 nitrogen and oxygen atoms in total. The number of halogens is 1. The molecule has 8 heteroatoms. The Hall–Kier alpha value is -1.89. The van der Waals surface area contributed by atoms with Gasteiger partial charge in [0.15, 0.2) is 5.65 Å². The number of rotatable bonds is 3. The van der Waals surface area contributed by atoms with Crippen molar-refractivity contribution in [2.45, 2.75) is 0 Å².